The van der Waals surface area contributed by atoms with Crippen molar-refractivity contribution in [3.8, 4) is 0 Å². The minimum Gasteiger partial charge on any atom is -0.481 e. The van der Waals surface area contributed by atoms with E-state index in [2.05, 4.69) is 0 Å². The lowest BCUT2D eigenvalue weighted by molar-refractivity contribution is -0.143. The summed E-state index contributed by atoms with van der Waals surface area (Å²) < 4.78 is 4.85. The molecule has 0 radical (unpaired) electrons. The van der Waals surface area contributed by atoms with Crippen molar-refractivity contribution in [1.82, 2.24) is 0 Å². The Balaban J connectivity index is 3.19. The molecule has 0 saturated carbocycles. The Morgan fingerprint density at radius 1 is 1.29 bits per heavy atom. The Labute approximate surface area is 88.0 Å². The van der Waals surface area contributed by atoms with Gasteiger partial charge in [0.05, 0.1) is 19.4 Å². The number of aliphatic carboxylic acids is 1. The maximum atomic E-state index is 10.9. The minimum atomic E-state index is -0.800. The van der Waals surface area contributed by atoms with E-state index in [1.807, 2.05) is 6.92 Å². The maximum Gasteiger partial charge on any atom is 0.306 e. The lowest BCUT2D eigenvalue weighted by Crippen LogP contribution is -2.06. The molecule has 0 spiro atoms. The zero-order valence-electron chi connectivity index (χ0n) is 8.32. The summed E-state index contributed by atoms with van der Waals surface area (Å²) in [5.74, 6) is 0.187. The number of carboxylic acids is 1. The first kappa shape index (κ1) is 13.3. The van der Waals surface area contributed by atoms with E-state index < -0.39 is 5.97 Å². The molecule has 5 heteroatoms. The van der Waals surface area contributed by atoms with Crippen LogP contribution < -0.4 is 0 Å². The zero-order valence-corrected chi connectivity index (χ0v) is 9.14. The fraction of sp³-hybridized carbons (Fsp3) is 0.778. The van der Waals surface area contributed by atoms with Crippen LogP contribution in [0.25, 0.3) is 0 Å². The summed E-state index contributed by atoms with van der Waals surface area (Å²) in [5.41, 5.74) is 0. The second kappa shape index (κ2) is 8.87. The van der Waals surface area contributed by atoms with Crippen LogP contribution in [0.4, 0.5) is 0 Å². The quantitative estimate of drug-likeness (QED) is 0.496. The van der Waals surface area contributed by atoms with E-state index in [9.17, 15) is 9.59 Å². The molecule has 0 fully saturated rings. The van der Waals surface area contributed by atoms with Crippen LogP contribution in [0.1, 0.15) is 26.2 Å². The fourth-order valence-corrected chi connectivity index (χ4v) is 1.54. The van der Waals surface area contributed by atoms with E-state index in [-0.39, 0.29) is 12.4 Å². The molecule has 82 valence electrons. The van der Waals surface area contributed by atoms with E-state index in [4.69, 9.17) is 9.84 Å². The highest BCUT2D eigenvalue weighted by atomic mass is 32.2. The first-order valence-electron chi connectivity index (χ1n) is 4.62. The molecule has 0 aliphatic heterocycles. The predicted octanol–water partition coefficient (Wildman–Crippen LogP) is 1.54. The molecule has 0 unspecified atom stereocenters. The summed E-state index contributed by atoms with van der Waals surface area (Å²) >= 11 is 1.46. The number of carbonyl (C=O) groups is 2. The topological polar surface area (TPSA) is 63.6 Å². The van der Waals surface area contributed by atoms with Crippen molar-refractivity contribution in [2.45, 2.75) is 26.2 Å². The van der Waals surface area contributed by atoms with Crippen LogP contribution in [0.3, 0.4) is 0 Å². The Morgan fingerprint density at radius 3 is 2.50 bits per heavy atom. The molecule has 0 heterocycles. The molecule has 0 bridgehead atoms. The average molecular weight is 220 g/mol. The van der Waals surface area contributed by atoms with Gasteiger partial charge in [0, 0.05) is 11.5 Å². The van der Waals surface area contributed by atoms with Gasteiger partial charge in [-0.1, -0.05) is 6.92 Å². The predicted molar refractivity (Wildman–Crippen MR) is 55.4 cm³/mol. The molecule has 0 atom stereocenters. The number of esters is 1. The molecular formula is C9H16O4S. The molecule has 0 amide bonds. The molecule has 1 N–H and O–H groups in total. The van der Waals surface area contributed by atoms with Crippen LogP contribution in [0.5, 0.6) is 0 Å². The third kappa shape index (κ3) is 9.38. The van der Waals surface area contributed by atoms with Crippen molar-refractivity contribution in [3.05, 3.63) is 0 Å². The lowest BCUT2D eigenvalue weighted by atomic mass is 10.5. The van der Waals surface area contributed by atoms with E-state index in [0.717, 1.165) is 6.42 Å². The Hall–Kier alpha value is -0.710. The first-order chi connectivity index (χ1) is 6.66. The molecule has 0 aliphatic rings. The van der Waals surface area contributed by atoms with Crippen molar-refractivity contribution in [2.75, 3.05) is 18.1 Å². The second-order valence-electron chi connectivity index (χ2n) is 2.73. The van der Waals surface area contributed by atoms with Gasteiger partial charge in [-0.3, -0.25) is 9.59 Å². The van der Waals surface area contributed by atoms with Crippen LogP contribution in [0.2, 0.25) is 0 Å². The summed E-state index contributed by atoms with van der Waals surface area (Å²) in [6, 6.07) is 0. The normalized spacial score (nSPS) is 9.79. The summed E-state index contributed by atoms with van der Waals surface area (Å²) in [6.07, 6.45) is 1.34. The number of hydrogen-bond acceptors (Lipinski definition) is 4. The standard InChI is InChI=1S/C9H16O4S/c1-2-5-13-9(12)4-7-14-6-3-8(10)11/h2-7H2,1H3,(H,10,11). The van der Waals surface area contributed by atoms with E-state index >= 15 is 0 Å². The molecule has 14 heavy (non-hydrogen) atoms. The second-order valence-corrected chi connectivity index (χ2v) is 3.95. The number of hydrogen-bond donors (Lipinski definition) is 1. The Morgan fingerprint density at radius 2 is 1.93 bits per heavy atom. The largest absolute Gasteiger partial charge is 0.481 e. The molecule has 4 nitrogen and oxygen atoms in total. The highest BCUT2D eigenvalue weighted by Crippen LogP contribution is 2.05. The zero-order chi connectivity index (χ0) is 10.8. The van der Waals surface area contributed by atoms with Gasteiger partial charge in [0.15, 0.2) is 0 Å². The molecule has 0 aromatic carbocycles. The van der Waals surface area contributed by atoms with Gasteiger partial charge in [-0.2, -0.15) is 11.8 Å². The number of thioether (sulfide) groups is 1. The van der Waals surface area contributed by atoms with Crippen LogP contribution in [-0.2, 0) is 14.3 Å². The van der Waals surface area contributed by atoms with Crippen LogP contribution in [-0.4, -0.2) is 35.2 Å². The summed E-state index contributed by atoms with van der Waals surface area (Å²) in [4.78, 5) is 21.1. The number of carbonyl (C=O) groups excluding carboxylic acids is 1. The summed E-state index contributed by atoms with van der Waals surface area (Å²) in [7, 11) is 0. The number of rotatable bonds is 8. The van der Waals surface area contributed by atoms with Gasteiger partial charge >= 0.3 is 11.9 Å². The summed E-state index contributed by atoms with van der Waals surface area (Å²) in [6.45, 7) is 2.41. The van der Waals surface area contributed by atoms with Gasteiger partial charge in [-0.15, -0.1) is 0 Å². The fourth-order valence-electron chi connectivity index (χ4n) is 0.705. The number of ether oxygens (including phenoxy) is 1. The Kier molecular flexibility index (Phi) is 8.42. The maximum absolute atomic E-state index is 10.9. The average Bonchev–Trinajstić information content (AvgIpc) is 2.13. The summed E-state index contributed by atoms with van der Waals surface area (Å²) in [5, 5.41) is 8.33. The van der Waals surface area contributed by atoms with E-state index in [1.54, 1.807) is 0 Å². The van der Waals surface area contributed by atoms with Gasteiger partial charge in [-0.25, -0.2) is 0 Å². The van der Waals surface area contributed by atoms with Crippen molar-refractivity contribution >= 4 is 23.7 Å². The number of carboxylic acid groups (broad SMARTS) is 1. The van der Waals surface area contributed by atoms with Crippen molar-refractivity contribution < 1.29 is 19.4 Å². The minimum absolute atomic E-state index is 0.147. The highest BCUT2D eigenvalue weighted by Gasteiger charge is 2.02. The van der Waals surface area contributed by atoms with Gasteiger partial charge in [-0.05, 0) is 6.42 Å². The van der Waals surface area contributed by atoms with Crippen molar-refractivity contribution in [2.24, 2.45) is 0 Å². The first-order valence-corrected chi connectivity index (χ1v) is 5.77. The van der Waals surface area contributed by atoms with E-state index in [0.29, 0.717) is 24.5 Å². The molecule has 0 aromatic heterocycles. The molecule has 0 saturated heterocycles. The van der Waals surface area contributed by atoms with Crippen LogP contribution in [0, 0.1) is 0 Å². The van der Waals surface area contributed by atoms with Gasteiger partial charge in [0.25, 0.3) is 0 Å². The van der Waals surface area contributed by atoms with Gasteiger partial charge in [0.2, 0.25) is 0 Å². The van der Waals surface area contributed by atoms with Gasteiger partial charge < -0.3 is 9.84 Å². The smallest absolute Gasteiger partial charge is 0.306 e. The molecule has 0 aromatic rings. The molecular weight excluding hydrogens is 204 g/mol. The molecule has 0 aliphatic carbocycles. The SMILES string of the molecule is CCCOC(=O)CCSCCC(=O)O. The molecule has 0 rings (SSSR count). The van der Waals surface area contributed by atoms with Crippen LogP contribution >= 0.6 is 11.8 Å². The van der Waals surface area contributed by atoms with Crippen LogP contribution in [0.15, 0.2) is 0 Å². The van der Waals surface area contributed by atoms with E-state index in [1.165, 1.54) is 11.8 Å². The third-order valence-corrected chi connectivity index (χ3v) is 2.36. The van der Waals surface area contributed by atoms with Crippen molar-refractivity contribution in [3.63, 3.8) is 0 Å². The highest BCUT2D eigenvalue weighted by molar-refractivity contribution is 7.99. The Bertz CT molecular complexity index is 182. The van der Waals surface area contributed by atoms with Crippen molar-refractivity contribution in [1.29, 1.82) is 0 Å². The third-order valence-electron chi connectivity index (χ3n) is 1.38. The monoisotopic (exact) mass is 220 g/mol. The van der Waals surface area contributed by atoms with Gasteiger partial charge in [0.1, 0.15) is 0 Å². The lowest BCUT2D eigenvalue weighted by Gasteiger charge is -2.02.